The van der Waals surface area contributed by atoms with Gasteiger partial charge in [-0.1, -0.05) is 38.1 Å². The van der Waals surface area contributed by atoms with Crippen molar-refractivity contribution < 1.29 is 33.0 Å². The molecule has 2 aromatic rings. The quantitative estimate of drug-likeness (QED) is 0.478. The summed E-state index contributed by atoms with van der Waals surface area (Å²) in [5.74, 6) is -1.69. The van der Waals surface area contributed by atoms with E-state index in [1.165, 1.54) is 17.0 Å². The molecule has 0 radical (unpaired) electrons. The second-order valence-corrected chi connectivity index (χ2v) is 12.0. The molecular formula is C33H43FN4O6. The van der Waals surface area contributed by atoms with Gasteiger partial charge in [-0.05, 0) is 61.9 Å². The smallest absolute Gasteiger partial charge is 0.255 e. The van der Waals surface area contributed by atoms with Crippen LogP contribution in [-0.4, -0.2) is 80.1 Å². The van der Waals surface area contributed by atoms with Gasteiger partial charge < -0.3 is 30.3 Å². The number of likely N-dealkylation sites (N-methyl/N-ethyl adjacent to an activating group) is 1. The molecule has 2 aromatic carbocycles. The van der Waals surface area contributed by atoms with Crippen LogP contribution in [0.25, 0.3) is 0 Å². The van der Waals surface area contributed by atoms with E-state index in [1.807, 2.05) is 19.9 Å². The molecular weight excluding hydrogens is 567 g/mol. The molecule has 0 saturated carbocycles. The molecule has 3 atom stereocenters. The first-order chi connectivity index (χ1) is 21.0. The van der Waals surface area contributed by atoms with Crippen LogP contribution in [0.4, 0.5) is 4.39 Å². The summed E-state index contributed by atoms with van der Waals surface area (Å²) in [7, 11) is 1.54. The Labute approximate surface area is 258 Å². The molecule has 2 heterocycles. The number of para-hydroxylation sites is 1. The number of hydrogen-bond donors (Lipinski definition) is 3. The highest BCUT2D eigenvalue weighted by molar-refractivity contribution is 6.00. The molecule has 0 unspecified atom stereocenters. The Morgan fingerprint density at radius 2 is 1.82 bits per heavy atom. The van der Waals surface area contributed by atoms with Gasteiger partial charge in [0.25, 0.3) is 5.91 Å². The summed E-state index contributed by atoms with van der Waals surface area (Å²) in [6.07, 6.45) is 1.09. The minimum Gasteiger partial charge on any atom is -0.491 e. The second kappa shape index (κ2) is 14.7. The highest BCUT2D eigenvalue weighted by atomic mass is 19.1. The third kappa shape index (κ3) is 7.93. The van der Waals surface area contributed by atoms with Gasteiger partial charge in [-0.3, -0.25) is 19.2 Å². The lowest BCUT2D eigenvalue weighted by Crippen LogP contribution is -2.52. The third-order valence-electron chi connectivity index (χ3n) is 8.79. The van der Waals surface area contributed by atoms with Crippen LogP contribution in [0.3, 0.4) is 0 Å². The highest BCUT2D eigenvalue weighted by Gasteiger charge is 2.36. The van der Waals surface area contributed by atoms with Crippen LogP contribution < -0.4 is 20.7 Å². The van der Waals surface area contributed by atoms with Crippen molar-refractivity contribution in [3.05, 3.63) is 65.5 Å². The van der Waals surface area contributed by atoms with E-state index in [2.05, 4.69) is 16.0 Å². The number of nitrogens with one attached hydrogen (secondary N) is 3. The first kappa shape index (κ1) is 32.9. The van der Waals surface area contributed by atoms with E-state index in [9.17, 15) is 23.6 Å². The fraction of sp³-hybridized carbons (Fsp3) is 0.515. The van der Waals surface area contributed by atoms with E-state index in [4.69, 9.17) is 9.47 Å². The fourth-order valence-corrected chi connectivity index (χ4v) is 5.53. The second-order valence-electron chi connectivity index (χ2n) is 12.0. The molecule has 4 amide bonds. The summed E-state index contributed by atoms with van der Waals surface area (Å²) in [6.45, 7) is 6.77. The number of amides is 4. The number of hydrogen-bond acceptors (Lipinski definition) is 6. The molecule has 0 spiro atoms. The first-order valence-corrected chi connectivity index (χ1v) is 15.2. The molecule has 3 N–H and O–H groups in total. The summed E-state index contributed by atoms with van der Waals surface area (Å²) >= 11 is 0. The van der Waals surface area contributed by atoms with Crippen LogP contribution in [0.1, 0.15) is 62.4 Å². The topological polar surface area (TPSA) is 126 Å². The van der Waals surface area contributed by atoms with Gasteiger partial charge >= 0.3 is 0 Å². The molecule has 10 nitrogen and oxygen atoms in total. The molecule has 1 saturated heterocycles. The van der Waals surface area contributed by atoms with Crippen molar-refractivity contribution in [2.75, 3.05) is 33.4 Å². The van der Waals surface area contributed by atoms with E-state index in [0.717, 1.165) is 5.56 Å². The third-order valence-corrected chi connectivity index (χ3v) is 8.79. The lowest BCUT2D eigenvalue weighted by atomic mass is 9.74. The number of halogens is 1. The van der Waals surface area contributed by atoms with Gasteiger partial charge in [0.2, 0.25) is 17.7 Å². The van der Waals surface area contributed by atoms with Gasteiger partial charge in [-0.25, -0.2) is 4.39 Å². The number of rotatable bonds is 5. The summed E-state index contributed by atoms with van der Waals surface area (Å²) in [4.78, 5) is 54.9. The number of benzene rings is 2. The van der Waals surface area contributed by atoms with Gasteiger partial charge in [-0.15, -0.1) is 0 Å². The van der Waals surface area contributed by atoms with Crippen molar-refractivity contribution in [1.29, 1.82) is 0 Å². The zero-order valence-electron chi connectivity index (χ0n) is 25.9. The molecule has 1 fully saturated rings. The molecule has 2 aliphatic rings. The summed E-state index contributed by atoms with van der Waals surface area (Å²) < 4.78 is 25.8. The standard InChI is InChI=1S/C33H43FN4O6/c1-21(2)27-19-44-28-11-6-5-10-25(28)31(41)36-26(12-13-29(39)38(4)22(3)30(40)37-27)32(42)35-20-33(14-16-43-17-15-33)23-8-7-9-24(34)18-23/h5-11,18,21-22,26-27H,12-17,19-20H2,1-4H3,(H,35,42)(H,36,41)(H,37,40)/t22-,26-,27+/m0/s1. The Balaban J connectivity index is 1.60. The maximum atomic E-state index is 14.2. The predicted octanol–water partition coefficient (Wildman–Crippen LogP) is 2.95. The number of nitrogens with zero attached hydrogens (tertiary/aromatic N) is 1. The average Bonchev–Trinajstić information content (AvgIpc) is 3.02. The van der Waals surface area contributed by atoms with Crippen molar-refractivity contribution in [3.8, 4) is 5.75 Å². The maximum absolute atomic E-state index is 14.2. The average molecular weight is 611 g/mol. The molecule has 238 valence electrons. The zero-order valence-corrected chi connectivity index (χ0v) is 25.9. The summed E-state index contributed by atoms with van der Waals surface area (Å²) in [6, 6.07) is 10.9. The summed E-state index contributed by atoms with van der Waals surface area (Å²) in [5, 5.41) is 8.76. The van der Waals surface area contributed by atoms with Crippen LogP contribution in [0, 0.1) is 11.7 Å². The predicted molar refractivity (Wildman–Crippen MR) is 163 cm³/mol. The van der Waals surface area contributed by atoms with E-state index >= 15 is 0 Å². The maximum Gasteiger partial charge on any atom is 0.255 e. The monoisotopic (exact) mass is 610 g/mol. The minimum absolute atomic E-state index is 0.00278. The number of fused-ring (bicyclic) bond motifs is 1. The van der Waals surface area contributed by atoms with Gasteiger partial charge in [0.05, 0.1) is 11.6 Å². The van der Waals surface area contributed by atoms with E-state index < -0.39 is 29.3 Å². The molecule has 4 rings (SSSR count). The largest absolute Gasteiger partial charge is 0.491 e. The first-order valence-electron chi connectivity index (χ1n) is 15.2. The minimum atomic E-state index is -1.06. The molecule has 0 aromatic heterocycles. The Hall–Kier alpha value is -3.99. The summed E-state index contributed by atoms with van der Waals surface area (Å²) in [5.41, 5.74) is 0.444. The van der Waals surface area contributed by atoms with Crippen LogP contribution in [0.5, 0.6) is 5.75 Å². The van der Waals surface area contributed by atoms with Gasteiger partial charge in [0.15, 0.2) is 0 Å². The Bertz CT molecular complexity index is 1350. The molecule has 0 aliphatic carbocycles. The number of ether oxygens (including phenoxy) is 2. The van der Waals surface area contributed by atoms with Gasteiger partial charge in [0, 0.05) is 38.6 Å². The lowest BCUT2D eigenvalue weighted by Gasteiger charge is -2.38. The lowest BCUT2D eigenvalue weighted by molar-refractivity contribution is -0.139. The van der Waals surface area contributed by atoms with Gasteiger partial charge in [-0.2, -0.15) is 0 Å². The van der Waals surface area contributed by atoms with Crippen molar-refractivity contribution >= 4 is 23.6 Å². The Morgan fingerprint density at radius 1 is 1.09 bits per heavy atom. The van der Waals surface area contributed by atoms with Gasteiger partial charge in [0.1, 0.15) is 30.3 Å². The van der Waals surface area contributed by atoms with Crippen molar-refractivity contribution in [3.63, 3.8) is 0 Å². The normalized spacial score (nSPS) is 23.4. The van der Waals surface area contributed by atoms with Crippen molar-refractivity contribution in [2.45, 2.75) is 70.0 Å². The highest BCUT2D eigenvalue weighted by Crippen LogP contribution is 2.34. The number of carbonyl (C=O) groups excluding carboxylic acids is 4. The molecule has 11 heteroatoms. The molecule has 44 heavy (non-hydrogen) atoms. The Kier molecular flexibility index (Phi) is 11.0. The SMILES string of the molecule is CC(C)[C@H]1COc2ccccc2C(=O)N[C@H](C(=O)NCC2(c3cccc(F)c3)CCOCC2)CCC(=O)N(C)[C@@H](C)C(=O)N1. The number of carbonyl (C=O) groups is 4. The van der Waals surface area contributed by atoms with E-state index in [1.54, 1.807) is 44.3 Å². The van der Waals surface area contributed by atoms with Crippen LogP contribution in [0.2, 0.25) is 0 Å². The van der Waals surface area contributed by atoms with E-state index in [-0.39, 0.29) is 61.1 Å². The van der Waals surface area contributed by atoms with Crippen molar-refractivity contribution in [2.24, 2.45) is 5.92 Å². The fourth-order valence-electron chi connectivity index (χ4n) is 5.53. The van der Waals surface area contributed by atoms with Crippen LogP contribution in [0.15, 0.2) is 48.5 Å². The van der Waals surface area contributed by atoms with E-state index in [0.29, 0.717) is 31.8 Å². The Morgan fingerprint density at radius 3 is 2.52 bits per heavy atom. The van der Waals surface area contributed by atoms with Crippen LogP contribution in [-0.2, 0) is 24.5 Å². The van der Waals surface area contributed by atoms with Crippen molar-refractivity contribution in [1.82, 2.24) is 20.9 Å². The molecule has 2 aliphatic heterocycles. The van der Waals surface area contributed by atoms with Crippen LogP contribution >= 0.6 is 0 Å². The molecule has 0 bridgehead atoms. The zero-order chi connectivity index (χ0) is 31.9.